The summed E-state index contributed by atoms with van der Waals surface area (Å²) in [5.41, 5.74) is 1.60. The largest absolute Gasteiger partial charge is 0.497 e. The summed E-state index contributed by atoms with van der Waals surface area (Å²) in [6.07, 6.45) is 5.48. The van der Waals surface area contributed by atoms with Gasteiger partial charge in [0.15, 0.2) is 0 Å². The molecule has 2 atom stereocenters. The number of likely N-dealkylation sites (tertiary alicyclic amines) is 2. The van der Waals surface area contributed by atoms with E-state index in [4.69, 9.17) is 18.9 Å². The number of ether oxygens (including phenoxy) is 4. The van der Waals surface area contributed by atoms with E-state index in [1.165, 1.54) is 11.1 Å². The number of benzene rings is 2. The minimum absolute atomic E-state index is 0.214. The molecule has 0 saturated carbocycles. The van der Waals surface area contributed by atoms with Crippen LogP contribution in [-0.2, 0) is 9.47 Å². The van der Waals surface area contributed by atoms with Gasteiger partial charge >= 0.3 is 12.2 Å². The Bertz CT molecular complexity index is 1170. The van der Waals surface area contributed by atoms with E-state index < -0.39 is 11.2 Å². The molecular weight excluding hydrogens is 612 g/mol. The highest BCUT2D eigenvalue weighted by Crippen LogP contribution is 2.49. The van der Waals surface area contributed by atoms with E-state index in [9.17, 15) is 9.59 Å². The average Bonchev–Trinajstić information content (AvgIpc) is 3.03. The molecule has 0 bridgehead atoms. The molecule has 0 radical (unpaired) electrons. The molecule has 8 nitrogen and oxygen atoms in total. The molecule has 0 spiro atoms. The molecule has 4 rings (SSSR count). The fraction of sp³-hybridized carbons (Fsp3) is 0.632. The first kappa shape index (κ1) is 36.8. The summed E-state index contributed by atoms with van der Waals surface area (Å²) >= 11 is 2.05. The summed E-state index contributed by atoms with van der Waals surface area (Å²) in [6, 6.07) is 17.1. The number of rotatable bonds is 10. The average molecular weight is 669 g/mol. The topological polar surface area (TPSA) is 77.5 Å². The van der Waals surface area contributed by atoms with Crippen molar-refractivity contribution < 1.29 is 28.5 Å². The maximum absolute atomic E-state index is 12.7. The van der Waals surface area contributed by atoms with Crippen molar-refractivity contribution in [3.05, 3.63) is 59.7 Å². The molecule has 2 aromatic carbocycles. The SMILES string of the molecule is COc1ccc(C(CC2CCN(C(=O)OC(C)(C)C)CC2)SC(CC2CCN(C(=O)OC(C)(C)C)CC2)c2ccc(OC)cc2)cc1. The number of nitrogens with zero attached hydrogens (tertiary/aromatic N) is 2. The van der Waals surface area contributed by atoms with Gasteiger partial charge in [-0.1, -0.05) is 24.3 Å². The Morgan fingerprint density at radius 3 is 1.23 bits per heavy atom. The van der Waals surface area contributed by atoms with Crippen LogP contribution >= 0.6 is 11.8 Å². The number of carbonyl (C=O) groups is 2. The smallest absolute Gasteiger partial charge is 0.410 e. The standard InChI is InChI=1S/C38H56N2O6S/c1-37(2,3)45-35(41)39-21-17-27(18-22-39)25-33(29-9-13-31(43-7)14-10-29)47-34(30-11-15-32(44-8)16-12-30)26-28-19-23-40(24-20-28)36(42)46-38(4,5)6/h9-16,27-28,33-34H,17-26H2,1-8H3. The Balaban J connectivity index is 1.50. The number of hydrogen-bond donors (Lipinski definition) is 0. The summed E-state index contributed by atoms with van der Waals surface area (Å²) in [5, 5.41) is 0.542. The molecule has 260 valence electrons. The fourth-order valence-electron chi connectivity index (χ4n) is 6.34. The molecular formula is C38H56N2O6S. The maximum Gasteiger partial charge on any atom is 0.410 e. The molecule has 2 aliphatic heterocycles. The van der Waals surface area contributed by atoms with Gasteiger partial charge in [-0.05, 0) is 127 Å². The Morgan fingerprint density at radius 1 is 0.638 bits per heavy atom. The lowest BCUT2D eigenvalue weighted by atomic mass is 9.90. The van der Waals surface area contributed by atoms with Crippen LogP contribution in [0.1, 0.15) is 102 Å². The van der Waals surface area contributed by atoms with Gasteiger partial charge in [-0.3, -0.25) is 0 Å². The second-order valence-electron chi connectivity index (χ2n) is 15.0. The van der Waals surface area contributed by atoms with Gasteiger partial charge < -0.3 is 28.7 Å². The lowest BCUT2D eigenvalue weighted by Gasteiger charge is -2.36. The Hall–Kier alpha value is -3.07. The molecule has 2 saturated heterocycles. The molecule has 2 fully saturated rings. The first-order valence-electron chi connectivity index (χ1n) is 17.1. The van der Waals surface area contributed by atoms with Crippen molar-refractivity contribution in [1.29, 1.82) is 0 Å². The molecule has 9 heteroatoms. The summed E-state index contributed by atoms with van der Waals surface area (Å²) in [4.78, 5) is 29.2. The minimum atomic E-state index is -0.493. The number of carbonyl (C=O) groups excluding carboxylic acids is 2. The van der Waals surface area contributed by atoms with Crippen LogP contribution in [0.25, 0.3) is 0 Å². The highest BCUT2D eigenvalue weighted by molar-refractivity contribution is 7.99. The Labute approximate surface area is 286 Å². The van der Waals surface area contributed by atoms with Gasteiger partial charge in [-0.15, -0.1) is 11.8 Å². The normalized spacial score (nSPS) is 18.0. The summed E-state index contributed by atoms with van der Waals surface area (Å²) in [7, 11) is 3.40. The third-order valence-electron chi connectivity index (χ3n) is 8.93. The number of amides is 2. The van der Waals surface area contributed by atoms with E-state index in [2.05, 4.69) is 48.5 Å². The zero-order valence-electron chi connectivity index (χ0n) is 29.8. The van der Waals surface area contributed by atoms with Crippen molar-refractivity contribution in [2.75, 3.05) is 40.4 Å². The second-order valence-corrected chi connectivity index (χ2v) is 16.4. The first-order chi connectivity index (χ1) is 22.2. The fourth-order valence-corrected chi connectivity index (χ4v) is 8.13. The van der Waals surface area contributed by atoms with Gasteiger partial charge in [-0.25, -0.2) is 9.59 Å². The van der Waals surface area contributed by atoms with Crippen LogP contribution in [0.2, 0.25) is 0 Å². The monoisotopic (exact) mass is 668 g/mol. The van der Waals surface area contributed by atoms with Gasteiger partial charge in [0, 0.05) is 36.7 Å². The first-order valence-corrected chi connectivity index (χ1v) is 18.1. The zero-order chi connectivity index (χ0) is 34.2. The van der Waals surface area contributed by atoms with E-state index in [1.54, 1.807) is 14.2 Å². The number of thioether (sulfide) groups is 1. The van der Waals surface area contributed by atoms with Crippen molar-refractivity contribution >= 4 is 23.9 Å². The lowest BCUT2D eigenvalue weighted by Crippen LogP contribution is -2.42. The number of hydrogen-bond acceptors (Lipinski definition) is 7. The molecule has 2 aliphatic rings. The second kappa shape index (κ2) is 16.4. The van der Waals surface area contributed by atoms with Crippen LogP contribution in [0.3, 0.4) is 0 Å². The summed E-state index contributed by atoms with van der Waals surface area (Å²) in [6.45, 7) is 14.4. The molecule has 2 aromatic rings. The van der Waals surface area contributed by atoms with Crippen molar-refractivity contribution in [2.24, 2.45) is 11.8 Å². The van der Waals surface area contributed by atoms with Crippen LogP contribution in [-0.4, -0.2) is 73.6 Å². The number of methoxy groups -OCH3 is 2. The van der Waals surface area contributed by atoms with Crippen LogP contribution in [0.5, 0.6) is 11.5 Å². The van der Waals surface area contributed by atoms with Crippen molar-refractivity contribution in [1.82, 2.24) is 9.80 Å². The van der Waals surface area contributed by atoms with E-state index in [-0.39, 0.29) is 22.7 Å². The van der Waals surface area contributed by atoms with Gasteiger partial charge in [-0.2, -0.15) is 0 Å². The molecule has 0 aromatic heterocycles. The molecule has 0 N–H and O–H groups in total. The summed E-state index contributed by atoms with van der Waals surface area (Å²) in [5.74, 6) is 2.71. The molecule has 2 heterocycles. The van der Waals surface area contributed by atoms with Crippen molar-refractivity contribution in [3.63, 3.8) is 0 Å². The van der Waals surface area contributed by atoms with E-state index in [0.29, 0.717) is 11.8 Å². The highest BCUT2D eigenvalue weighted by Gasteiger charge is 2.32. The predicted octanol–water partition coefficient (Wildman–Crippen LogP) is 9.29. The third kappa shape index (κ3) is 11.5. The van der Waals surface area contributed by atoms with Crippen LogP contribution < -0.4 is 9.47 Å². The van der Waals surface area contributed by atoms with Gasteiger partial charge in [0.05, 0.1) is 14.2 Å². The molecule has 47 heavy (non-hydrogen) atoms. The molecule has 2 unspecified atom stereocenters. The zero-order valence-corrected chi connectivity index (χ0v) is 30.6. The Kier molecular flexibility index (Phi) is 12.8. The third-order valence-corrected chi connectivity index (χ3v) is 10.5. The number of piperidine rings is 2. The quantitative estimate of drug-likeness (QED) is 0.250. The molecule has 2 amide bonds. The lowest BCUT2D eigenvalue weighted by molar-refractivity contribution is 0.0171. The van der Waals surface area contributed by atoms with Gasteiger partial charge in [0.25, 0.3) is 0 Å². The van der Waals surface area contributed by atoms with Crippen molar-refractivity contribution in [2.45, 2.75) is 102 Å². The van der Waals surface area contributed by atoms with Crippen molar-refractivity contribution in [3.8, 4) is 11.5 Å². The Morgan fingerprint density at radius 2 is 0.957 bits per heavy atom. The molecule has 0 aliphatic carbocycles. The van der Waals surface area contributed by atoms with Gasteiger partial charge in [0.2, 0.25) is 0 Å². The van der Waals surface area contributed by atoms with E-state index in [1.807, 2.05) is 63.1 Å². The minimum Gasteiger partial charge on any atom is -0.497 e. The highest BCUT2D eigenvalue weighted by atomic mass is 32.2. The van der Waals surface area contributed by atoms with Gasteiger partial charge in [0.1, 0.15) is 22.7 Å². The predicted molar refractivity (Wildman–Crippen MR) is 189 cm³/mol. The summed E-state index contributed by atoms with van der Waals surface area (Å²) < 4.78 is 22.3. The maximum atomic E-state index is 12.7. The van der Waals surface area contributed by atoms with Crippen LogP contribution in [0.15, 0.2) is 48.5 Å². The van der Waals surface area contributed by atoms with Crippen LogP contribution in [0, 0.1) is 11.8 Å². The van der Waals surface area contributed by atoms with E-state index in [0.717, 1.165) is 76.2 Å². The van der Waals surface area contributed by atoms with Crippen LogP contribution in [0.4, 0.5) is 9.59 Å². The van der Waals surface area contributed by atoms with E-state index >= 15 is 0 Å².